The van der Waals surface area contributed by atoms with Gasteiger partial charge >= 0.3 is 0 Å². The van der Waals surface area contributed by atoms with Crippen LogP contribution >= 0.6 is 27.3 Å². The standard InChI is InChI=1S/C9H7BrN4OS/c1-5-13-14-9(16-5)12-8(15)6-2-7(10)4-11-3-6/h2-4H,1H3,(H,12,14,15). The minimum absolute atomic E-state index is 0.245. The third-order valence-electron chi connectivity index (χ3n) is 1.71. The zero-order valence-electron chi connectivity index (χ0n) is 8.27. The maximum absolute atomic E-state index is 11.7. The van der Waals surface area contributed by atoms with E-state index in [0.717, 1.165) is 9.48 Å². The van der Waals surface area contributed by atoms with E-state index >= 15 is 0 Å². The first-order valence-electron chi connectivity index (χ1n) is 4.37. The highest BCUT2D eigenvalue weighted by Crippen LogP contribution is 2.16. The fourth-order valence-corrected chi connectivity index (χ4v) is 2.00. The maximum Gasteiger partial charge on any atom is 0.259 e. The summed E-state index contributed by atoms with van der Waals surface area (Å²) in [6.07, 6.45) is 3.11. The maximum atomic E-state index is 11.7. The molecular weight excluding hydrogens is 292 g/mol. The van der Waals surface area contributed by atoms with Gasteiger partial charge in [-0.1, -0.05) is 11.3 Å². The lowest BCUT2D eigenvalue weighted by molar-refractivity contribution is 0.102. The summed E-state index contributed by atoms with van der Waals surface area (Å²) in [5.74, 6) is -0.245. The minimum Gasteiger partial charge on any atom is -0.296 e. The highest BCUT2D eigenvalue weighted by Gasteiger charge is 2.09. The first kappa shape index (κ1) is 11.2. The van der Waals surface area contributed by atoms with E-state index < -0.39 is 0 Å². The van der Waals surface area contributed by atoms with Crippen molar-refractivity contribution in [2.45, 2.75) is 6.92 Å². The van der Waals surface area contributed by atoms with E-state index in [4.69, 9.17) is 0 Å². The second kappa shape index (κ2) is 4.67. The smallest absolute Gasteiger partial charge is 0.259 e. The summed E-state index contributed by atoms with van der Waals surface area (Å²) in [7, 11) is 0. The van der Waals surface area contributed by atoms with E-state index in [1.54, 1.807) is 12.3 Å². The third-order valence-corrected chi connectivity index (χ3v) is 2.90. The molecule has 0 aliphatic rings. The van der Waals surface area contributed by atoms with Crippen molar-refractivity contribution in [1.29, 1.82) is 0 Å². The molecular formula is C9H7BrN4OS. The molecule has 2 aromatic heterocycles. The van der Waals surface area contributed by atoms with Gasteiger partial charge in [0.25, 0.3) is 5.91 Å². The van der Waals surface area contributed by atoms with Gasteiger partial charge in [-0.05, 0) is 28.9 Å². The van der Waals surface area contributed by atoms with Crippen molar-refractivity contribution >= 4 is 38.3 Å². The number of anilines is 1. The van der Waals surface area contributed by atoms with Gasteiger partial charge in [0.15, 0.2) is 0 Å². The van der Waals surface area contributed by atoms with Gasteiger partial charge < -0.3 is 0 Å². The summed E-state index contributed by atoms with van der Waals surface area (Å²) < 4.78 is 0.758. The molecule has 2 aromatic rings. The molecule has 5 nitrogen and oxygen atoms in total. The van der Waals surface area contributed by atoms with Gasteiger partial charge in [-0.25, -0.2) is 0 Å². The Labute approximate surface area is 104 Å². The van der Waals surface area contributed by atoms with E-state index in [1.807, 2.05) is 6.92 Å². The predicted octanol–water partition coefficient (Wildman–Crippen LogP) is 2.26. The molecule has 0 aliphatic heterocycles. The van der Waals surface area contributed by atoms with Gasteiger partial charge in [0.2, 0.25) is 5.13 Å². The number of aromatic nitrogens is 3. The van der Waals surface area contributed by atoms with Crippen LogP contribution in [0.3, 0.4) is 0 Å². The summed E-state index contributed by atoms with van der Waals surface area (Å²) in [5.41, 5.74) is 0.474. The fourth-order valence-electron chi connectivity index (χ4n) is 1.05. The number of nitrogens with one attached hydrogen (secondary N) is 1. The number of carbonyl (C=O) groups excluding carboxylic acids is 1. The van der Waals surface area contributed by atoms with Crippen molar-refractivity contribution in [3.63, 3.8) is 0 Å². The lowest BCUT2D eigenvalue weighted by Gasteiger charge is -2.00. The summed E-state index contributed by atoms with van der Waals surface area (Å²) in [6.45, 7) is 1.83. The summed E-state index contributed by atoms with van der Waals surface area (Å²) in [6, 6.07) is 1.69. The summed E-state index contributed by atoms with van der Waals surface area (Å²) >= 11 is 4.58. The molecule has 0 aromatic carbocycles. The normalized spacial score (nSPS) is 10.1. The van der Waals surface area contributed by atoms with Crippen LogP contribution in [0.2, 0.25) is 0 Å². The number of hydrogen-bond donors (Lipinski definition) is 1. The molecule has 0 saturated heterocycles. The number of pyridine rings is 1. The molecule has 82 valence electrons. The number of rotatable bonds is 2. The Morgan fingerprint density at radius 2 is 2.25 bits per heavy atom. The number of amides is 1. The van der Waals surface area contributed by atoms with Crippen molar-refractivity contribution < 1.29 is 4.79 Å². The van der Waals surface area contributed by atoms with Gasteiger partial charge in [0.05, 0.1) is 5.56 Å². The highest BCUT2D eigenvalue weighted by atomic mass is 79.9. The monoisotopic (exact) mass is 298 g/mol. The first-order valence-corrected chi connectivity index (χ1v) is 5.98. The van der Waals surface area contributed by atoms with Crippen molar-refractivity contribution in [2.24, 2.45) is 0 Å². The second-order valence-electron chi connectivity index (χ2n) is 2.97. The molecule has 0 aliphatic carbocycles. The van der Waals surface area contributed by atoms with Crippen LogP contribution in [0.1, 0.15) is 15.4 Å². The lowest BCUT2D eigenvalue weighted by atomic mass is 10.3. The predicted molar refractivity (Wildman–Crippen MR) is 64.5 cm³/mol. The molecule has 1 amide bonds. The van der Waals surface area contributed by atoms with Gasteiger partial charge in [0, 0.05) is 16.9 Å². The number of carbonyl (C=O) groups is 1. The van der Waals surface area contributed by atoms with Crippen LogP contribution < -0.4 is 5.32 Å². The van der Waals surface area contributed by atoms with Crippen molar-refractivity contribution in [2.75, 3.05) is 5.32 Å². The van der Waals surface area contributed by atoms with Gasteiger partial charge in [-0.3, -0.25) is 15.1 Å². The number of hydrogen-bond acceptors (Lipinski definition) is 5. The van der Waals surface area contributed by atoms with E-state index in [0.29, 0.717) is 10.7 Å². The number of halogens is 1. The quantitative estimate of drug-likeness (QED) is 0.923. The molecule has 0 saturated carbocycles. The highest BCUT2D eigenvalue weighted by molar-refractivity contribution is 9.10. The zero-order valence-corrected chi connectivity index (χ0v) is 10.7. The lowest BCUT2D eigenvalue weighted by Crippen LogP contribution is -2.11. The molecule has 0 bridgehead atoms. The fraction of sp³-hybridized carbons (Fsp3) is 0.111. The Morgan fingerprint density at radius 1 is 1.44 bits per heavy atom. The van der Waals surface area contributed by atoms with E-state index in [2.05, 4.69) is 36.4 Å². The molecule has 0 fully saturated rings. The van der Waals surface area contributed by atoms with Crippen LogP contribution in [0, 0.1) is 6.92 Å². The summed E-state index contributed by atoms with van der Waals surface area (Å²) in [4.78, 5) is 15.7. The van der Waals surface area contributed by atoms with Crippen molar-refractivity contribution in [3.8, 4) is 0 Å². The Kier molecular flexibility index (Phi) is 3.25. The molecule has 0 spiro atoms. The van der Waals surface area contributed by atoms with Crippen molar-refractivity contribution in [3.05, 3.63) is 33.5 Å². The zero-order chi connectivity index (χ0) is 11.5. The van der Waals surface area contributed by atoms with E-state index in [9.17, 15) is 4.79 Å². The van der Waals surface area contributed by atoms with Gasteiger partial charge in [-0.2, -0.15) is 0 Å². The van der Waals surface area contributed by atoms with E-state index in [1.165, 1.54) is 17.5 Å². The number of nitrogens with zero attached hydrogens (tertiary/aromatic N) is 3. The molecule has 7 heteroatoms. The van der Waals surface area contributed by atoms with Crippen LogP contribution in [0.5, 0.6) is 0 Å². The van der Waals surface area contributed by atoms with Crippen LogP contribution in [-0.2, 0) is 0 Å². The Morgan fingerprint density at radius 3 is 2.88 bits per heavy atom. The largest absolute Gasteiger partial charge is 0.296 e. The molecule has 2 heterocycles. The third kappa shape index (κ3) is 2.61. The SMILES string of the molecule is Cc1nnc(NC(=O)c2cncc(Br)c2)s1. The average Bonchev–Trinajstić information content (AvgIpc) is 2.64. The average molecular weight is 299 g/mol. The summed E-state index contributed by atoms with van der Waals surface area (Å²) in [5, 5.41) is 11.6. The first-order chi connectivity index (χ1) is 7.65. The second-order valence-corrected chi connectivity index (χ2v) is 5.07. The Bertz CT molecular complexity index is 528. The molecule has 16 heavy (non-hydrogen) atoms. The molecule has 1 N–H and O–H groups in total. The molecule has 0 radical (unpaired) electrons. The Balaban J connectivity index is 2.14. The Hall–Kier alpha value is -1.34. The van der Waals surface area contributed by atoms with Gasteiger partial charge in [0.1, 0.15) is 5.01 Å². The minimum atomic E-state index is -0.245. The van der Waals surface area contributed by atoms with Gasteiger partial charge in [-0.15, -0.1) is 10.2 Å². The van der Waals surface area contributed by atoms with Crippen LogP contribution in [0.25, 0.3) is 0 Å². The van der Waals surface area contributed by atoms with Crippen molar-refractivity contribution in [1.82, 2.24) is 15.2 Å². The molecule has 0 atom stereocenters. The number of aryl methyl sites for hydroxylation is 1. The van der Waals surface area contributed by atoms with Crippen LogP contribution in [0.4, 0.5) is 5.13 Å². The topological polar surface area (TPSA) is 67.8 Å². The van der Waals surface area contributed by atoms with Crippen LogP contribution in [0.15, 0.2) is 22.9 Å². The van der Waals surface area contributed by atoms with E-state index in [-0.39, 0.29) is 5.91 Å². The molecule has 2 rings (SSSR count). The van der Waals surface area contributed by atoms with Crippen LogP contribution in [-0.4, -0.2) is 21.1 Å². The molecule has 0 unspecified atom stereocenters.